The molecule has 0 N–H and O–H groups in total. The lowest BCUT2D eigenvalue weighted by Crippen LogP contribution is -2.32. The second-order valence-electron chi connectivity index (χ2n) is 7.20. The molecule has 0 nitrogen and oxygen atoms in total. The van der Waals surface area contributed by atoms with Crippen LogP contribution < -0.4 is 0 Å². The van der Waals surface area contributed by atoms with Crippen LogP contribution >= 0.6 is 18.5 Å². The first kappa shape index (κ1) is 26.5. The normalized spacial score (nSPS) is 12.3. The Morgan fingerprint density at radius 1 is 0.857 bits per heavy atom. The van der Waals surface area contributed by atoms with E-state index < -0.39 is 7.25 Å². The third-order valence-corrected chi connectivity index (χ3v) is 5.08. The quantitative estimate of drug-likeness (QED) is 0.230. The van der Waals surface area contributed by atoms with Crippen LogP contribution in [-0.4, -0.2) is 19.1 Å². The van der Waals surface area contributed by atoms with Gasteiger partial charge >= 0.3 is 7.25 Å². The van der Waals surface area contributed by atoms with Gasteiger partial charge in [0, 0.05) is 0 Å². The molecule has 21 heavy (non-hydrogen) atoms. The Bertz CT molecular complexity index is 209. The SMILES string of the molecule is CC(C)(C)C(P)C(C)(C)C.CCCCCP.F[B-](F)(F)F. The van der Waals surface area contributed by atoms with Crippen LogP contribution in [0.4, 0.5) is 17.3 Å². The van der Waals surface area contributed by atoms with Crippen molar-refractivity contribution in [2.75, 3.05) is 6.16 Å². The fourth-order valence-corrected chi connectivity index (χ4v) is 1.98. The molecule has 0 aliphatic carbocycles. The molecule has 0 bridgehead atoms. The van der Waals surface area contributed by atoms with Crippen molar-refractivity contribution >= 4 is 25.7 Å². The molecule has 0 amide bonds. The smallest absolute Gasteiger partial charge is 0.418 e. The highest BCUT2D eigenvalue weighted by atomic mass is 31.0. The third-order valence-electron chi connectivity index (χ3n) is 2.67. The summed E-state index contributed by atoms with van der Waals surface area (Å²) in [4.78, 5) is 0. The number of hydrogen-bond acceptors (Lipinski definition) is 0. The Hall–Kier alpha value is 0.645. The maximum atomic E-state index is 9.75. The standard InChI is InChI=1S/C9H21P.C5H13P.BF4/c1-8(2,3)7(10)9(4,5)6;1-2-3-4-5-6;2-1(3,4)5/h7H,10H2,1-6H3;2-6H2,1H3;/q;;-1. The number of hydrogen-bond donors (Lipinski definition) is 0. The molecule has 0 radical (unpaired) electrons. The van der Waals surface area contributed by atoms with Crippen molar-refractivity contribution < 1.29 is 17.3 Å². The summed E-state index contributed by atoms with van der Waals surface area (Å²) in [6.07, 6.45) is 5.38. The lowest BCUT2D eigenvalue weighted by molar-refractivity contribution is 0.248. The first-order valence-electron chi connectivity index (χ1n) is 7.40. The lowest BCUT2D eigenvalue weighted by atomic mass is 9.77. The van der Waals surface area contributed by atoms with Crippen molar-refractivity contribution in [1.82, 2.24) is 0 Å². The van der Waals surface area contributed by atoms with Crippen LogP contribution in [0.2, 0.25) is 0 Å². The van der Waals surface area contributed by atoms with Crippen molar-refractivity contribution in [3.05, 3.63) is 0 Å². The largest absolute Gasteiger partial charge is 0.673 e. The van der Waals surface area contributed by atoms with E-state index in [-0.39, 0.29) is 0 Å². The summed E-state index contributed by atoms with van der Waals surface area (Å²) in [6, 6.07) is 0. The van der Waals surface area contributed by atoms with Gasteiger partial charge in [0.25, 0.3) is 0 Å². The molecule has 0 saturated heterocycles. The molecule has 0 aromatic carbocycles. The maximum absolute atomic E-state index is 9.75. The summed E-state index contributed by atoms with van der Waals surface area (Å²) in [6.45, 7) is 15.9. The predicted molar refractivity (Wildman–Crippen MR) is 96.7 cm³/mol. The Kier molecular flexibility index (Phi) is 15.3. The molecule has 7 heteroatoms. The lowest BCUT2D eigenvalue weighted by Gasteiger charge is -2.37. The highest BCUT2D eigenvalue weighted by molar-refractivity contribution is 7.17. The Morgan fingerprint density at radius 3 is 1.19 bits per heavy atom. The average molecular weight is 351 g/mol. The molecule has 0 aliphatic rings. The molecular weight excluding hydrogens is 317 g/mol. The predicted octanol–water partition coefficient (Wildman–Crippen LogP) is 6.67. The molecule has 0 rings (SSSR count). The summed E-state index contributed by atoms with van der Waals surface area (Å²) in [5, 5.41) is 0. The minimum Gasteiger partial charge on any atom is -0.418 e. The van der Waals surface area contributed by atoms with Crippen LogP contribution in [0.15, 0.2) is 0 Å². The van der Waals surface area contributed by atoms with E-state index in [0.717, 1.165) is 0 Å². The molecule has 0 aromatic heterocycles. The van der Waals surface area contributed by atoms with Gasteiger partial charge in [0.05, 0.1) is 0 Å². The van der Waals surface area contributed by atoms with Gasteiger partial charge in [-0.15, -0.1) is 18.5 Å². The summed E-state index contributed by atoms with van der Waals surface area (Å²) < 4.78 is 39.0. The zero-order valence-electron chi connectivity index (χ0n) is 14.6. The fraction of sp³-hybridized carbons (Fsp3) is 1.00. The minimum atomic E-state index is -6.00. The van der Waals surface area contributed by atoms with Gasteiger partial charge in [-0.2, -0.15) is 0 Å². The van der Waals surface area contributed by atoms with E-state index in [9.17, 15) is 17.3 Å². The second kappa shape index (κ2) is 12.1. The topological polar surface area (TPSA) is 0 Å². The number of unbranched alkanes of at least 4 members (excludes halogenated alkanes) is 2. The van der Waals surface area contributed by atoms with Crippen LogP contribution in [0.5, 0.6) is 0 Å². The van der Waals surface area contributed by atoms with Crippen LogP contribution in [-0.2, 0) is 0 Å². The van der Waals surface area contributed by atoms with Gasteiger partial charge < -0.3 is 17.3 Å². The summed E-state index contributed by atoms with van der Waals surface area (Å²) in [7, 11) is -0.322. The molecule has 0 spiro atoms. The zero-order chi connectivity index (χ0) is 17.9. The van der Waals surface area contributed by atoms with Crippen molar-refractivity contribution in [3.63, 3.8) is 0 Å². The van der Waals surface area contributed by atoms with Crippen LogP contribution in [0, 0.1) is 10.8 Å². The zero-order valence-corrected chi connectivity index (χ0v) is 17.0. The van der Waals surface area contributed by atoms with E-state index in [2.05, 4.69) is 66.9 Å². The van der Waals surface area contributed by atoms with Crippen LogP contribution in [0.3, 0.4) is 0 Å². The molecule has 0 fully saturated rings. The molecule has 2 atom stereocenters. The van der Waals surface area contributed by atoms with Gasteiger partial charge in [0.1, 0.15) is 0 Å². The van der Waals surface area contributed by atoms with E-state index >= 15 is 0 Å². The highest BCUT2D eigenvalue weighted by Gasteiger charge is 2.30. The molecule has 0 heterocycles. The maximum Gasteiger partial charge on any atom is 0.673 e. The van der Waals surface area contributed by atoms with Crippen LogP contribution in [0.1, 0.15) is 67.7 Å². The molecule has 132 valence electrons. The summed E-state index contributed by atoms with van der Waals surface area (Å²) in [5.74, 6) is 0. The van der Waals surface area contributed by atoms with E-state index in [4.69, 9.17) is 0 Å². The van der Waals surface area contributed by atoms with Gasteiger partial charge in [-0.25, -0.2) is 0 Å². The minimum absolute atomic E-state index is 0.406. The monoisotopic (exact) mass is 351 g/mol. The first-order valence-corrected chi connectivity index (χ1v) is 8.88. The van der Waals surface area contributed by atoms with Gasteiger partial charge in [-0.3, -0.25) is 0 Å². The van der Waals surface area contributed by atoms with E-state index in [0.29, 0.717) is 16.5 Å². The average Bonchev–Trinajstić information content (AvgIpc) is 2.21. The Morgan fingerprint density at radius 2 is 1.14 bits per heavy atom. The molecule has 0 aliphatic heterocycles. The molecule has 0 saturated carbocycles. The van der Waals surface area contributed by atoms with Gasteiger partial charge in [0.15, 0.2) is 0 Å². The van der Waals surface area contributed by atoms with Crippen molar-refractivity contribution in [2.24, 2.45) is 10.8 Å². The molecular formula is C14H34BF4P2-. The number of rotatable bonds is 3. The Balaban J connectivity index is -0.000000252. The molecule has 0 aromatic rings. The summed E-state index contributed by atoms with van der Waals surface area (Å²) in [5.41, 5.74) is 1.49. The number of halogens is 4. The van der Waals surface area contributed by atoms with E-state index in [1.807, 2.05) is 0 Å². The van der Waals surface area contributed by atoms with E-state index in [1.54, 1.807) is 0 Å². The van der Waals surface area contributed by atoms with Crippen molar-refractivity contribution in [2.45, 2.75) is 73.4 Å². The second-order valence-corrected chi connectivity index (χ2v) is 8.44. The Labute approximate surface area is 134 Å². The van der Waals surface area contributed by atoms with Gasteiger partial charge in [0.2, 0.25) is 0 Å². The van der Waals surface area contributed by atoms with E-state index in [1.165, 1.54) is 25.4 Å². The third kappa shape index (κ3) is 29.3. The first-order chi connectivity index (χ1) is 9.07. The fourth-order valence-electron chi connectivity index (χ4n) is 1.69. The highest BCUT2D eigenvalue weighted by Crippen LogP contribution is 2.39. The van der Waals surface area contributed by atoms with Gasteiger partial charge in [-0.05, 0) is 29.1 Å². The van der Waals surface area contributed by atoms with Crippen LogP contribution in [0.25, 0.3) is 0 Å². The van der Waals surface area contributed by atoms with Crippen molar-refractivity contribution in [1.29, 1.82) is 0 Å². The molecule has 2 unspecified atom stereocenters. The van der Waals surface area contributed by atoms with Gasteiger partial charge in [-0.1, -0.05) is 61.3 Å². The van der Waals surface area contributed by atoms with Crippen molar-refractivity contribution in [3.8, 4) is 0 Å². The summed E-state index contributed by atoms with van der Waals surface area (Å²) >= 11 is 0.